The topological polar surface area (TPSA) is 29.9 Å². The Hall–Kier alpha value is -2.07. The van der Waals surface area contributed by atoms with Crippen molar-refractivity contribution in [3.63, 3.8) is 0 Å². The molecule has 0 fully saturated rings. The monoisotopic (exact) mass is 269 g/mol. The minimum Gasteiger partial charge on any atom is -0.378 e. The fourth-order valence-electron chi connectivity index (χ4n) is 1.99. The van der Waals surface area contributed by atoms with Crippen molar-refractivity contribution < 1.29 is 0 Å². The summed E-state index contributed by atoms with van der Waals surface area (Å²) in [4.78, 5) is 1.37. The number of aryl methyl sites for hydroxylation is 1. The summed E-state index contributed by atoms with van der Waals surface area (Å²) >= 11 is 1.79. The van der Waals surface area contributed by atoms with Gasteiger partial charge in [0.25, 0.3) is 0 Å². The van der Waals surface area contributed by atoms with Crippen LogP contribution in [0.4, 0.5) is 5.69 Å². The molecular formula is C15H15N3S. The number of rotatable bonds is 4. The molecule has 0 saturated carbocycles. The number of hydrogen-bond donors (Lipinski definition) is 1. The van der Waals surface area contributed by atoms with E-state index < -0.39 is 0 Å². The molecular weight excluding hydrogens is 254 g/mol. The highest BCUT2D eigenvalue weighted by Gasteiger charge is 2.05. The Bertz CT molecular complexity index is 656. The van der Waals surface area contributed by atoms with E-state index in [1.165, 1.54) is 10.4 Å². The maximum atomic E-state index is 4.29. The first-order chi connectivity index (χ1) is 9.34. The van der Waals surface area contributed by atoms with Crippen LogP contribution in [0.5, 0.6) is 0 Å². The Balaban J connectivity index is 1.84. The zero-order valence-electron chi connectivity index (χ0n) is 10.7. The van der Waals surface area contributed by atoms with Crippen LogP contribution in [-0.4, -0.2) is 9.78 Å². The van der Waals surface area contributed by atoms with Gasteiger partial charge in [0.1, 0.15) is 0 Å². The van der Waals surface area contributed by atoms with Gasteiger partial charge < -0.3 is 5.32 Å². The summed E-state index contributed by atoms with van der Waals surface area (Å²) in [5.74, 6) is 0. The van der Waals surface area contributed by atoms with Gasteiger partial charge in [0.15, 0.2) is 0 Å². The largest absolute Gasteiger partial charge is 0.378 e. The zero-order chi connectivity index (χ0) is 13.1. The van der Waals surface area contributed by atoms with Gasteiger partial charge in [-0.15, -0.1) is 11.3 Å². The van der Waals surface area contributed by atoms with Crippen molar-refractivity contribution in [1.29, 1.82) is 0 Å². The van der Waals surface area contributed by atoms with Crippen LogP contribution in [0.15, 0.2) is 54.2 Å². The Kier molecular flexibility index (Phi) is 3.33. The second kappa shape index (κ2) is 5.28. The summed E-state index contributed by atoms with van der Waals surface area (Å²) in [5, 5.41) is 9.91. The third-order valence-electron chi connectivity index (χ3n) is 3.06. The summed E-state index contributed by atoms with van der Waals surface area (Å²) in [7, 11) is 0. The number of thiophene rings is 1. The Labute approximate surface area is 116 Å². The molecule has 0 atom stereocenters. The van der Waals surface area contributed by atoms with E-state index in [2.05, 4.69) is 40.9 Å². The molecule has 1 aromatic carbocycles. The van der Waals surface area contributed by atoms with E-state index in [0.717, 1.165) is 17.9 Å². The van der Waals surface area contributed by atoms with Crippen LogP contribution < -0.4 is 5.32 Å². The fraction of sp³-hybridized carbons (Fsp3) is 0.133. The molecule has 0 aliphatic heterocycles. The highest BCUT2D eigenvalue weighted by molar-refractivity contribution is 7.10. The van der Waals surface area contributed by atoms with Crippen LogP contribution in [0.25, 0.3) is 5.69 Å². The van der Waals surface area contributed by atoms with Gasteiger partial charge in [-0.05, 0) is 42.1 Å². The molecule has 3 rings (SSSR count). The predicted molar refractivity (Wildman–Crippen MR) is 79.9 cm³/mol. The van der Waals surface area contributed by atoms with Crippen molar-refractivity contribution in [3.05, 3.63) is 64.6 Å². The van der Waals surface area contributed by atoms with E-state index in [1.54, 1.807) is 17.5 Å². The van der Waals surface area contributed by atoms with Crippen LogP contribution >= 0.6 is 11.3 Å². The molecule has 0 amide bonds. The van der Waals surface area contributed by atoms with Crippen molar-refractivity contribution in [1.82, 2.24) is 9.78 Å². The molecule has 0 aliphatic rings. The standard InChI is InChI=1S/C15H15N3S/c1-12-7-10-19-15(12)11-16-13-5-2-3-6-14(13)18-9-4-8-17-18/h2-10,16H,11H2,1H3. The van der Waals surface area contributed by atoms with Gasteiger partial charge >= 0.3 is 0 Å². The predicted octanol–water partition coefficient (Wildman–Crippen LogP) is 3.85. The Morgan fingerprint density at radius 3 is 2.84 bits per heavy atom. The third kappa shape index (κ3) is 2.53. The molecule has 0 radical (unpaired) electrons. The lowest BCUT2D eigenvalue weighted by Crippen LogP contribution is -2.04. The van der Waals surface area contributed by atoms with Gasteiger partial charge in [-0.1, -0.05) is 12.1 Å². The van der Waals surface area contributed by atoms with Crippen molar-refractivity contribution in [2.24, 2.45) is 0 Å². The van der Waals surface area contributed by atoms with Gasteiger partial charge in [0, 0.05) is 23.8 Å². The first-order valence-corrected chi connectivity index (χ1v) is 7.08. The van der Waals surface area contributed by atoms with Gasteiger partial charge in [-0.3, -0.25) is 0 Å². The molecule has 3 aromatic rings. The molecule has 2 heterocycles. The molecule has 3 nitrogen and oxygen atoms in total. The minimum atomic E-state index is 0.849. The number of para-hydroxylation sites is 2. The fourth-order valence-corrected chi connectivity index (χ4v) is 2.84. The smallest absolute Gasteiger partial charge is 0.0876 e. The van der Waals surface area contributed by atoms with E-state index in [1.807, 2.05) is 29.1 Å². The normalized spacial score (nSPS) is 10.6. The number of nitrogens with one attached hydrogen (secondary N) is 1. The maximum absolute atomic E-state index is 4.29. The van der Waals surface area contributed by atoms with E-state index in [9.17, 15) is 0 Å². The van der Waals surface area contributed by atoms with Crippen LogP contribution in [0.1, 0.15) is 10.4 Å². The summed E-state index contributed by atoms with van der Waals surface area (Å²) in [6.07, 6.45) is 3.75. The number of aromatic nitrogens is 2. The summed E-state index contributed by atoms with van der Waals surface area (Å²) in [5.41, 5.74) is 3.51. The maximum Gasteiger partial charge on any atom is 0.0876 e. The van der Waals surface area contributed by atoms with Crippen LogP contribution in [0, 0.1) is 6.92 Å². The van der Waals surface area contributed by atoms with Gasteiger partial charge in [-0.2, -0.15) is 5.10 Å². The van der Waals surface area contributed by atoms with Gasteiger partial charge in [-0.25, -0.2) is 4.68 Å². The second-order valence-electron chi connectivity index (χ2n) is 4.35. The molecule has 0 unspecified atom stereocenters. The minimum absolute atomic E-state index is 0.849. The first kappa shape index (κ1) is 12.0. The SMILES string of the molecule is Cc1ccsc1CNc1ccccc1-n1cccn1. The first-order valence-electron chi connectivity index (χ1n) is 6.20. The summed E-state index contributed by atoms with van der Waals surface area (Å²) in [6, 6.07) is 12.3. The van der Waals surface area contributed by atoms with E-state index in [0.29, 0.717) is 0 Å². The highest BCUT2D eigenvalue weighted by Crippen LogP contribution is 2.22. The average Bonchev–Trinajstić information content (AvgIpc) is 3.08. The molecule has 0 saturated heterocycles. The lowest BCUT2D eigenvalue weighted by Gasteiger charge is -2.11. The van der Waals surface area contributed by atoms with E-state index in [-0.39, 0.29) is 0 Å². The second-order valence-corrected chi connectivity index (χ2v) is 5.35. The number of anilines is 1. The Morgan fingerprint density at radius 1 is 1.21 bits per heavy atom. The molecule has 96 valence electrons. The third-order valence-corrected chi connectivity index (χ3v) is 4.09. The van der Waals surface area contributed by atoms with Crippen LogP contribution in [-0.2, 0) is 6.54 Å². The van der Waals surface area contributed by atoms with Crippen LogP contribution in [0.3, 0.4) is 0 Å². The molecule has 0 aliphatic carbocycles. The van der Waals surface area contributed by atoms with Gasteiger partial charge in [0.2, 0.25) is 0 Å². The molecule has 0 spiro atoms. The van der Waals surface area contributed by atoms with Crippen molar-refractivity contribution in [2.75, 3.05) is 5.32 Å². The highest BCUT2D eigenvalue weighted by atomic mass is 32.1. The lowest BCUT2D eigenvalue weighted by molar-refractivity contribution is 0.879. The van der Waals surface area contributed by atoms with Crippen LogP contribution in [0.2, 0.25) is 0 Å². The summed E-state index contributed by atoms with van der Waals surface area (Å²) in [6.45, 7) is 2.99. The van der Waals surface area contributed by atoms with Crippen molar-refractivity contribution in [2.45, 2.75) is 13.5 Å². The average molecular weight is 269 g/mol. The van der Waals surface area contributed by atoms with E-state index >= 15 is 0 Å². The molecule has 1 N–H and O–H groups in total. The molecule has 19 heavy (non-hydrogen) atoms. The zero-order valence-corrected chi connectivity index (χ0v) is 11.5. The molecule has 2 aromatic heterocycles. The summed E-state index contributed by atoms with van der Waals surface area (Å²) < 4.78 is 1.88. The number of benzene rings is 1. The molecule has 4 heteroatoms. The van der Waals surface area contributed by atoms with E-state index in [4.69, 9.17) is 0 Å². The quantitative estimate of drug-likeness (QED) is 0.779. The van der Waals surface area contributed by atoms with Crippen molar-refractivity contribution in [3.8, 4) is 5.69 Å². The van der Waals surface area contributed by atoms with Crippen molar-refractivity contribution >= 4 is 17.0 Å². The lowest BCUT2D eigenvalue weighted by atomic mass is 10.2. The molecule has 0 bridgehead atoms. The number of hydrogen-bond acceptors (Lipinski definition) is 3. The Morgan fingerprint density at radius 2 is 2.11 bits per heavy atom. The number of nitrogens with zero attached hydrogens (tertiary/aromatic N) is 2. The van der Waals surface area contributed by atoms with Gasteiger partial charge in [0.05, 0.1) is 11.4 Å².